The summed E-state index contributed by atoms with van der Waals surface area (Å²) in [5, 5.41) is 2.72. The first-order chi connectivity index (χ1) is 13.0. The van der Waals surface area contributed by atoms with Crippen LogP contribution in [0.3, 0.4) is 0 Å². The fraction of sp³-hybridized carbons (Fsp3) is 0.118. The van der Waals surface area contributed by atoms with Gasteiger partial charge in [0.15, 0.2) is 0 Å². The maximum Gasteiger partial charge on any atom is 0.264 e. The number of aromatic nitrogens is 2. The molecule has 0 fully saturated rings. The van der Waals surface area contributed by atoms with Crippen LogP contribution >= 0.6 is 11.8 Å². The molecule has 0 aliphatic rings. The molecule has 2 heterocycles. The molecule has 0 spiro atoms. The highest BCUT2D eigenvalue weighted by atomic mass is 32.2. The average Bonchev–Trinajstić information content (AvgIpc) is 3.16. The number of amides is 1. The minimum Gasteiger partial charge on any atom is -0.468 e. The molecule has 0 bridgehead atoms. The summed E-state index contributed by atoms with van der Waals surface area (Å²) in [6, 6.07) is 11.1. The van der Waals surface area contributed by atoms with E-state index in [1.165, 1.54) is 48.4 Å². The summed E-state index contributed by atoms with van der Waals surface area (Å²) in [5.74, 6) is 1.47. The maximum absolute atomic E-state index is 12.3. The highest BCUT2D eigenvalue weighted by Crippen LogP contribution is 2.17. The molecule has 8 nitrogen and oxygen atoms in total. The quantitative estimate of drug-likeness (QED) is 0.593. The van der Waals surface area contributed by atoms with Crippen LogP contribution < -0.4 is 10.0 Å². The van der Waals surface area contributed by atoms with E-state index in [9.17, 15) is 13.2 Å². The summed E-state index contributed by atoms with van der Waals surface area (Å²) in [6.07, 6.45) is 4.46. The molecule has 1 aromatic carbocycles. The predicted octanol–water partition coefficient (Wildman–Crippen LogP) is 2.74. The second-order valence-electron chi connectivity index (χ2n) is 5.32. The first-order valence-electron chi connectivity index (χ1n) is 7.83. The summed E-state index contributed by atoms with van der Waals surface area (Å²) in [6.45, 7) is 0. The zero-order chi connectivity index (χ0) is 19.1. The van der Waals surface area contributed by atoms with Crippen LogP contribution in [0, 0.1) is 0 Å². The number of anilines is 2. The van der Waals surface area contributed by atoms with Crippen molar-refractivity contribution in [3.63, 3.8) is 0 Å². The molecule has 0 radical (unpaired) electrons. The zero-order valence-electron chi connectivity index (χ0n) is 14.0. The van der Waals surface area contributed by atoms with Crippen LogP contribution in [-0.4, -0.2) is 30.0 Å². The topological polar surface area (TPSA) is 114 Å². The predicted molar refractivity (Wildman–Crippen MR) is 103 cm³/mol. The Labute approximate surface area is 160 Å². The van der Waals surface area contributed by atoms with Gasteiger partial charge in [-0.1, -0.05) is 0 Å². The van der Waals surface area contributed by atoms with Crippen molar-refractivity contribution in [2.75, 3.05) is 15.8 Å². The monoisotopic (exact) mass is 404 g/mol. The summed E-state index contributed by atoms with van der Waals surface area (Å²) in [5.41, 5.74) is 0.508. The second kappa shape index (κ2) is 8.69. The molecule has 2 N–H and O–H groups in total. The molecule has 0 aliphatic heterocycles. The van der Waals surface area contributed by atoms with Crippen molar-refractivity contribution in [1.29, 1.82) is 0 Å². The van der Waals surface area contributed by atoms with E-state index in [-0.39, 0.29) is 22.5 Å². The third-order valence-electron chi connectivity index (χ3n) is 3.30. The molecule has 3 rings (SSSR count). The van der Waals surface area contributed by atoms with Gasteiger partial charge in [0, 0.05) is 18.1 Å². The van der Waals surface area contributed by atoms with Gasteiger partial charge >= 0.3 is 0 Å². The third kappa shape index (κ3) is 5.56. The molecule has 0 saturated carbocycles. The smallest absolute Gasteiger partial charge is 0.264 e. The lowest BCUT2D eigenvalue weighted by Gasteiger charge is -2.08. The van der Waals surface area contributed by atoms with Gasteiger partial charge < -0.3 is 9.73 Å². The van der Waals surface area contributed by atoms with E-state index in [1.54, 1.807) is 18.4 Å². The molecule has 10 heteroatoms. The third-order valence-corrected chi connectivity index (χ3v) is 5.60. The zero-order valence-corrected chi connectivity index (χ0v) is 15.7. The standard InChI is InChI=1S/C17H16N4O4S2/c22-16(12-26-11-14-3-1-10-25-14)20-13-4-6-15(7-5-13)27(23,24)21-17-18-8-2-9-19-17/h1-10H,11-12H2,(H,20,22)(H,18,19,21). The van der Waals surface area contributed by atoms with E-state index in [4.69, 9.17) is 4.42 Å². The highest BCUT2D eigenvalue weighted by Gasteiger charge is 2.15. The van der Waals surface area contributed by atoms with Crippen molar-refractivity contribution in [2.45, 2.75) is 10.6 Å². The van der Waals surface area contributed by atoms with E-state index >= 15 is 0 Å². The van der Waals surface area contributed by atoms with Gasteiger partial charge in [-0.2, -0.15) is 0 Å². The lowest BCUT2D eigenvalue weighted by Crippen LogP contribution is -2.16. The van der Waals surface area contributed by atoms with Crippen LogP contribution in [0.1, 0.15) is 5.76 Å². The summed E-state index contributed by atoms with van der Waals surface area (Å²) >= 11 is 1.42. The molecule has 27 heavy (non-hydrogen) atoms. The van der Waals surface area contributed by atoms with E-state index in [0.29, 0.717) is 11.4 Å². The second-order valence-corrected chi connectivity index (χ2v) is 7.99. The van der Waals surface area contributed by atoms with Gasteiger partial charge in [-0.25, -0.2) is 23.1 Å². The van der Waals surface area contributed by atoms with E-state index in [1.807, 2.05) is 6.07 Å². The fourth-order valence-electron chi connectivity index (χ4n) is 2.08. The number of nitrogens with zero attached hydrogens (tertiary/aromatic N) is 2. The van der Waals surface area contributed by atoms with Crippen LogP contribution in [0.25, 0.3) is 0 Å². The van der Waals surface area contributed by atoms with Gasteiger partial charge in [0.05, 0.1) is 22.7 Å². The van der Waals surface area contributed by atoms with Crippen LogP contribution in [-0.2, 0) is 20.6 Å². The summed E-state index contributed by atoms with van der Waals surface area (Å²) in [7, 11) is -3.80. The molecule has 0 atom stereocenters. The fourth-order valence-corrected chi connectivity index (χ4v) is 3.77. The van der Waals surface area contributed by atoms with Gasteiger partial charge in [0.25, 0.3) is 10.0 Å². The summed E-state index contributed by atoms with van der Waals surface area (Å²) < 4.78 is 32.1. The number of rotatable bonds is 8. The Hall–Kier alpha value is -2.85. The number of hydrogen-bond donors (Lipinski definition) is 2. The molecular weight excluding hydrogens is 388 g/mol. The van der Waals surface area contributed by atoms with Crippen LogP contribution in [0.5, 0.6) is 0 Å². The van der Waals surface area contributed by atoms with Crippen LogP contribution in [0.2, 0.25) is 0 Å². The van der Waals surface area contributed by atoms with E-state index in [0.717, 1.165) is 5.76 Å². The number of sulfonamides is 1. The van der Waals surface area contributed by atoms with Gasteiger partial charge in [-0.3, -0.25) is 4.79 Å². The first kappa shape index (κ1) is 18.9. The van der Waals surface area contributed by atoms with Gasteiger partial charge in [0.2, 0.25) is 11.9 Å². The minimum absolute atomic E-state index is 0.0107. The largest absolute Gasteiger partial charge is 0.468 e. The van der Waals surface area contributed by atoms with Crippen molar-refractivity contribution in [2.24, 2.45) is 0 Å². The van der Waals surface area contributed by atoms with Crippen LogP contribution in [0.15, 0.2) is 70.4 Å². The number of nitrogens with one attached hydrogen (secondary N) is 2. The Balaban J connectivity index is 1.54. The molecule has 2 aromatic heterocycles. The number of thioether (sulfide) groups is 1. The Morgan fingerprint density at radius 2 is 1.81 bits per heavy atom. The van der Waals surface area contributed by atoms with Crippen molar-refractivity contribution in [1.82, 2.24) is 9.97 Å². The maximum atomic E-state index is 12.3. The van der Waals surface area contributed by atoms with Gasteiger partial charge in [-0.15, -0.1) is 11.8 Å². The number of furan rings is 1. The summed E-state index contributed by atoms with van der Waals surface area (Å²) in [4.78, 5) is 19.6. The Kier molecular flexibility index (Phi) is 6.09. The molecule has 140 valence electrons. The van der Waals surface area contributed by atoms with Crippen molar-refractivity contribution < 1.29 is 17.6 Å². The molecule has 0 saturated heterocycles. The lowest BCUT2D eigenvalue weighted by atomic mass is 10.3. The Morgan fingerprint density at radius 1 is 1.07 bits per heavy atom. The minimum atomic E-state index is -3.80. The number of carbonyl (C=O) groups excluding carboxylic acids is 1. The lowest BCUT2D eigenvalue weighted by molar-refractivity contribution is -0.113. The van der Waals surface area contributed by atoms with Gasteiger partial charge in [-0.05, 0) is 42.5 Å². The number of benzene rings is 1. The molecule has 0 aliphatic carbocycles. The van der Waals surface area contributed by atoms with E-state index in [2.05, 4.69) is 20.0 Å². The first-order valence-corrected chi connectivity index (χ1v) is 10.5. The van der Waals surface area contributed by atoms with Crippen LogP contribution in [0.4, 0.5) is 11.6 Å². The molecule has 0 unspecified atom stereocenters. The van der Waals surface area contributed by atoms with Crippen molar-refractivity contribution in [3.8, 4) is 0 Å². The van der Waals surface area contributed by atoms with Gasteiger partial charge in [0.1, 0.15) is 5.76 Å². The molecule has 1 amide bonds. The average molecular weight is 404 g/mol. The molecule has 3 aromatic rings. The normalized spacial score (nSPS) is 11.1. The Bertz CT molecular complexity index is 976. The number of carbonyl (C=O) groups is 1. The highest BCUT2D eigenvalue weighted by molar-refractivity contribution is 7.99. The van der Waals surface area contributed by atoms with Crippen molar-refractivity contribution >= 4 is 39.3 Å². The molecular formula is C17H16N4O4S2. The van der Waals surface area contributed by atoms with Crippen molar-refractivity contribution in [3.05, 3.63) is 66.9 Å². The van der Waals surface area contributed by atoms with E-state index < -0.39 is 10.0 Å². The Morgan fingerprint density at radius 3 is 2.48 bits per heavy atom. The number of hydrogen-bond acceptors (Lipinski definition) is 7. The SMILES string of the molecule is O=C(CSCc1ccco1)Nc1ccc(S(=O)(=O)Nc2ncccn2)cc1.